The number of methoxy groups -OCH3 is 2. The summed E-state index contributed by atoms with van der Waals surface area (Å²) in [7, 11) is 3.20. The lowest BCUT2D eigenvalue weighted by Gasteiger charge is -2.20. The molecule has 0 saturated heterocycles. The zero-order valence-electron chi connectivity index (χ0n) is 14.5. The van der Waals surface area contributed by atoms with Crippen LogP contribution in [0.15, 0.2) is 43.0 Å². The second kappa shape index (κ2) is 9.49. The Morgan fingerprint density at radius 1 is 1.24 bits per heavy atom. The molecule has 0 aliphatic rings. The number of carbonyl (C=O) groups is 1. The number of benzene rings is 1. The minimum Gasteiger partial charge on any atom is -0.493 e. The summed E-state index contributed by atoms with van der Waals surface area (Å²) in [5.41, 5.74) is 1.03. The lowest BCUT2D eigenvalue weighted by molar-refractivity contribution is -0.131. The van der Waals surface area contributed by atoms with Crippen LogP contribution in [-0.4, -0.2) is 31.6 Å². The van der Waals surface area contributed by atoms with Gasteiger partial charge in [0, 0.05) is 17.8 Å². The van der Waals surface area contributed by atoms with E-state index >= 15 is 0 Å². The molecule has 0 aliphatic heterocycles. The average Bonchev–Trinajstić information content (AvgIpc) is 3.03. The van der Waals surface area contributed by atoms with E-state index in [0.717, 1.165) is 14.8 Å². The quantitative estimate of drug-likeness (QED) is 0.599. The first-order chi connectivity index (χ1) is 12.1. The Morgan fingerprint density at radius 3 is 2.60 bits per heavy atom. The van der Waals surface area contributed by atoms with Crippen molar-refractivity contribution in [1.82, 2.24) is 4.90 Å². The minimum atomic E-state index is 0.0826. The van der Waals surface area contributed by atoms with E-state index in [4.69, 9.17) is 21.1 Å². The van der Waals surface area contributed by atoms with Crippen molar-refractivity contribution < 1.29 is 14.3 Å². The maximum absolute atomic E-state index is 12.6. The molecule has 2 aromatic rings. The highest BCUT2D eigenvalue weighted by atomic mass is 35.5. The van der Waals surface area contributed by atoms with Gasteiger partial charge in [-0.2, -0.15) is 0 Å². The van der Waals surface area contributed by atoms with Gasteiger partial charge in [0.15, 0.2) is 11.5 Å². The lowest BCUT2D eigenvalue weighted by atomic mass is 10.1. The van der Waals surface area contributed by atoms with Crippen molar-refractivity contribution in [3.63, 3.8) is 0 Å². The highest BCUT2D eigenvalue weighted by molar-refractivity contribution is 7.16. The molecule has 1 aromatic carbocycles. The van der Waals surface area contributed by atoms with Gasteiger partial charge in [-0.3, -0.25) is 4.79 Å². The van der Waals surface area contributed by atoms with Gasteiger partial charge in [-0.1, -0.05) is 23.7 Å². The molecule has 0 atom stereocenters. The number of carbonyl (C=O) groups excluding carboxylic acids is 1. The number of aryl methyl sites for hydroxylation is 1. The van der Waals surface area contributed by atoms with Gasteiger partial charge in [-0.25, -0.2) is 0 Å². The fourth-order valence-electron chi connectivity index (χ4n) is 2.48. The smallest absolute Gasteiger partial charge is 0.223 e. The number of ether oxygens (including phenoxy) is 2. The second-order valence-electron chi connectivity index (χ2n) is 5.46. The summed E-state index contributed by atoms with van der Waals surface area (Å²) in [5, 5.41) is 0. The third kappa shape index (κ3) is 5.51. The fourth-order valence-corrected chi connectivity index (χ4v) is 3.58. The number of amides is 1. The SMILES string of the molecule is C=CCN(Cc1ccc(Cl)s1)C(=O)CCc1ccc(OC)c(OC)c1. The predicted octanol–water partition coefficient (Wildman–Crippen LogP) is 4.57. The monoisotopic (exact) mass is 379 g/mol. The summed E-state index contributed by atoms with van der Waals surface area (Å²) in [6, 6.07) is 9.51. The molecule has 0 N–H and O–H groups in total. The Kier molecular flexibility index (Phi) is 7.34. The first-order valence-electron chi connectivity index (χ1n) is 7.91. The van der Waals surface area contributed by atoms with Crippen LogP contribution in [0.2, 0.25) is 4.34 Å². The highest BCUT2D eigenvalue weighted by Crippen LogP contribution is 2.28. The predicted molar refractivity (Wildman–Crippen MR) is 103 cm³/mol. The maximum Gasteiger partial charge on any atom is 0.223 e. The van der Waals surface area contributed by atoms with E-state index in [1.165, 1.54) is 11.3 Å². The number of thiophene rings is 1. The fraction of sp³-hybridized carbons (Fsp3) is 0.316. The summed E-state index contributed by atoms with van der Waals surface area (Å²) < 4.78 is 11.3. The molecule has 0 spiro atoms. The van der Waals surface area contributed by atoms with E-state index < -0.39 is 0 Å². The Hall–Kier alpha value is -1.98. The summed E-state index contributed by atoms with van der Waals surface area (Å²) >= 11 is 7.46. The molecule has 0 unspecified atom stereocenters. The van der Waals surface area contributed by atoms with Crippen LogP contribution in [0.25, 0.3) is 0 Å². The molecular weight excluding hydrogens is 358 g/mol. The summed E-state index contributed by atoms with van der Waals surface area (Å²) in [5.74, 6) is 1.43. The molecule has 0 fully saturated rings. The molecule has 2 rings (SSSR count). The van der Waals surface area contributed by atoms with Crippen LogP contribution in [0.5, 0.6) is 11.5 Å². The van der Waals surface area contributed by atoms with Crippen LogP contribution < -0.4 is 9.47 Å². The number of hydrogen-bond donors (Lipinski definition) is 0. The molecule has 4 nitrogen and oxygen atoms in total. The van der Waals surface area contributed by atoms with Crippen molar-refractivity contribution in [2.45, 2.75) is 19.4 Å². The summed E-state index contributed by atoms with van der Waals surface area (Å²) in [4.78, 5) is 15.4. The molecule has 0 aliphatic carbocycles. The van der Waals surface area contributed by atoms with Crippen molar-refractivity contribution >= 4 is 28.8 Å². The number of halogens is 1. The van der Waals surface area contributed by atoms with Crippen molar-refractivity contribution in [3.05, 3.63) is 57.8 Å². The van der Waals surface area contributed by atoms with E-state index in [0.29, 0.717) is 37.4 Å². The number of rotatable bonds is 9. The van der Waals surface area contributed by atoms with Gasteiger partial charge in [0.05, 0.1) is 25.1 Å². The third-order valence-electron chi connectivity index (χ3n) is 3.75. The maximum atomic E-state index is 12.6. The second-order valence-corrected chi connectivity index (χ2v) is 7.26. The molecule has 0 saturated carbocycles. The van der Waals surface area contributed by atoms with Gasteiger partial charge in [0.1, 0.15) is 0 Å². The minimum absolute atomic E-state index is 0.0826. The topological polar surface area (TPSA) is 38.8 Å². The van der Waals surface area contributed by atoms with E-state index in [9.17, 15) is 4.79 Å². The Bertz CT molecular complexity index is 729. The Balaban J connectivity index is 1.99. The number of hydrogen-bond acceptors (Lipinski definition) is 4. The molecular formula is C19H22ClNO3S. The van der Waals surface area contributed by atoms with Gasteiger partial charge < -0.3 is 14.4 Å². The van der Waals surface area contributed by atoms with Gasteiger partial charge in [0.25, 0.3) is 0 Å². The highest BCUT2D eigenvalue weighted by Gasteiger charge is 2.14. The average molecular weight is 380 g/mol. The molecule has 0 radical (unpaired) electrons. The van der Waals surface area contributed by atoms with Gasteiger partial charge in [-0.15, -0.1) is 17.9 Å². The van der Waals surface area contributed by atoms with Crippen molar-refractivity contribution in [2.24, 2.45) is 0 Å². The lowest BCUT2D eigenvalue weighted by Crippen LogP contribution is -2.30. The molecule has 134 valence electrons. The van der Waals surface area contributed by atoms with Crippen molar-refractivity contribution in [2.75, 3.05) is 20.8 Å². The summed E-state index contributed by atoms with van der Waals surface area (Å²) in [6.07, 6.45) is 2.80. The van der Waals surface area contributed by atoms with Gasteiger partial charge >= 0.3 is 0 Å². The largest absolute Gasteiger partial charge is 0.493 e. The van der Waals surface area contributed by atoms with Crippen LogP contribution in [-0.2, 0) is 17.8 Å². The third-order valence-corrected chi connectivity index (χ3v) is 4.97. The molecule has 6 heteroatoms. The first kappa shape index (κ1) is 19.3. The standard InChI is InChI=1S/C19H22ClNO3S/c1-4-11-21(13-15-7-9-18(20)25-15)19(22)10-6-14-5-8-16(23-2)17(12-14)24-3/h4-5,7-9,12H,1,6,10-11,13H2,2-3H3. The van der Waals surface area contributed by atoms with Crippen molar-refractivity contribution in [3.8, 4) is 11.5 Å². The van der Waals surface area contributed by atoms with E-state index in [1.54, 1.807) is 25.2 Å². The molecule has 25 heavy (non-hydrogen) atoms. The van der Waals surface area contributed by atoms with Crippen LogP contribution in [0, 0.1) is 0 Å². The zero-order valence-corrected chi connectivity index (χ0v) is 16.0. The Labute approximate surface area is 157 Å². The molecule has 1 aromatic heterocycles. The first-order valence-corrected chi connectivity index (χ1v) is 9.10. The van der Waals surface area contributed by atoms with Gasteiger partial charge in [-0.05, 0) is 36.2 Å². The van der Waals surface area contributed by atoms with E-state index in [-0.39, 0.29) is 5.91 Å². The normalized spacial score (nSPS) is 10.4. The van der Waals surface area contributed by atoms with Crippen LogP contribution >= 0.6 is 22.9 Å². The number of nitrogens with zero attached hydrogens (tertiary/aromatic N) is 1. The van der Waals surface area contributed by atoms with Gasteiger partial charge in [0.2, 0.25) is 5.91 Å². The zero-order chi connectivity index (χ0) is 18.2. The van der Waals surface area contributed by atoms with Crippen LogP contribution in [0.3, 0.4) is 0 Å². The summed E-state index contributed by atoms with van der Waals surface area (Å²) in [6.45, 7) is 4.81. The van der Waals surface area contributed by atoms with Crippen LogP contribution in [0.1, 0.15) is 16.9 Å². The molecule has 1 heterocycles. The molecule has 1 amide bonds. The van der Waals surface area contributed by atoms with E-state index in [1.807, 2.05) is 30.3 Å². The van der Waals surface area contributed by atoms with Crippen molar-refractivity contribution in [1.29, 1.82) is 0 Å². The Morgan fingerprint density at radius 2 is 2.00 bits per heavy atom. The molecule has 0 bridgehead atoms. The van der Waals surface area contributed by atoms with Crippen LogP contribution in [0.4, 0.5) is 0 Å². The van der Waals surface area contributed by atoms with E-state index in [2.05, 4.69) is 6.58 Å².